The molecule has 2 rings (SSSR count). The lowest BCUT2D eigenvalue weighted by Crippen LogP contribution is -2.38. The highest BCUT2D eigenvalue weighted by Gasteiger charge is 2.37. The van der Waals surface area contributed by atoms with Crippen LogP contribution in [0.2, 0.25) is 0 Å². The van der Waals surface area contributed by atoms with Gasteiger partial charge < -0.3 is 9.94 Å². The maximum Gasteiger partial charge on any atom is 0.362 e. The van der Waals surface area contributed by atoms with Crippen molar-refractivity contribution in [3.8, 4) is 0 Å². The number of hydrogen-bond donors (Lipinski definition) is 1. The Morgan fingerprint density at radius 2 is 2.10 bits per heavy atom. The summed E-state index contributed by atoms with van der Waals surface area (Å²) in [5.74, 6) is -0.474. The summed E-state index contributed by atoms with van der Waals surface area (Å²) in [5.41, 5.74) is 1.73. The normalized spacial score (nSPS) is 20.5. The smallest absolute Gasteiger partial charge is 0.362 e. The van der Waals surface area contributed by atoms with Gasteiger partial charge in [-0.25, -0.2) is 4.79 Å². The predicted octanol–water partition coefficient (Wildman–Crippen LogP) is 2.76. The molecule has 1 aromatic carbocycles. The molecule has 0 aliphatic carbocycles. The van der Waals surface area contributed by atoms with E-state index in [-0.39, 0.29) is 18.2 Å². The third-order valence-corrected chi connectivity index (χ3v) is 3.94. The maximum absolute atomic E-state index is 12.0. The quantitative estimate of drug-likeness (QED) is 0.402. The first kappa shape index (κ1) is 15.2. The number of aliphatic imine (C=N–C) groups is 1. The van der Waals surface area contributed by atoms with E-state index >= 15 is 0 Å². The van der Waals surface area contributed by atoms with Crippen molar-refractivity contribution in [2.75, 3.05) is 6.61 Å². The molecule has 1 heterocycles. The Hall–Kier alpha value is -2.17. The number of carbonyl (C=O) groups excluding carboxylic acids is 1. The van der Waals surface area contributed by atoms with Crippen molar-refractivity contribution in [3.63, 3.8) is 0 Å². The molecule has 0 saturated carbocycles. The van der Waals surface area contributed by atoms with E-state index in [1.165, 1.54) is 0 Å². The minimum Gasteiger partial charge on any atom is -0.461 e. The molecule has 1 aliphatic heterocycles. The van der Waals surface area contributed by atoms with E-state index in [9.17, 15) is 10.0 Å². The molecule has 5 heteroatoms. The van der Waals surface area contributed by atoms with Crippen LogP contribution in [0.25, 0.3) is 0 Å². The Kier molecular flexibility index (Phi) is 4.11. The van der Waals surface area contributed by atoms with E-state index in [2.05, 4.69) is 17.1 Å². The average molecular weight is 288 g/mol. The van der Waals surface area contributed by atoms with E-state index in [0.29, 0.717) is 5.71 Å². The van der Waals surface area contributed by atoms with Crippen LogP contribution >= 0.6 is 0 Å². The van der Waals surface area contributed by atoms with Crippen LogP contribution in [0.5, 0.6) is 0 Å². The van der Waals surface area contributed by atoms with Crippen LogP contribution < -0.4 is 0 Å². The fraction of sp³-hybridized carbons (Fsp3) is 0.438. The Labute approximate surface area is 124 Å². The van der Waals surface area contributed by atoms with E-state index in [0.717, 1.165) is 11.1 Å². The van der Waals surface area contributed by atoms with Gasteiger partial charge in [-0.1, -0.05) is 36.3 Å². The maximum atomic E-state index is 12.0. The molecular weight excluding hydrogens is 268 g/mol. The van der Waals surface area contributed by atoms with Gasteiger partial charge in [-0.05, 0) is 26.3 Å². The summed E-state index contributed by atoms with van der Waals surface area (Å²) in [7, 11) is 0. The molecule has 1 unspecified atom stereocenters. The average Bonchev–Trinajstić information content (AvgIpc) is 2.45. The number of carbonyl (C=O) groups is 1. The zero-order chi connectivity index (χ0) is 15.6. The van der Waals surface area contributed by atoms with Gasteiger partial charge in [-0.15, -0.1) is 0 Å². The number of ether oxygens (including phenoxy) is 1. The summed E-state index contributed by atoms with van der Waals surface area (Å²) < 4.78 is 4.95. The van der Waals surface area contributed by atoms with Crippen molar-refractivity contribution in [2.45, 2.75) is 39.2 Å². The van der Waals surface area contributed by atoms with Gasteiger partial charge in [0.05, 0.1) is 12.1 Å². The van der Waals surface area contributed by atoms with Crippen molar-refractivity contribution in [1.29, 1.82) is 0 Å². The second kappa shape index (κ2) is 5.68. The van der Waals surface area contributed by atoms with E-state index in [1.807, 2.05) is 38.1 Å². The first-order valence-electron chi connectivity index (χ1n) is 7.01. The molecule has 21 heavy (non-hydrogen) atoms. The van der Waals surface area contributed by atoms with Crippen molar-refractivity contribution in [2.24, 2.45) is 10.1 Å². The van der Waals surface area contributed by atoms with Crippen molar-refractivity contribution in [3.05, 3.63) is 35.4 Å². The Morgan fingerprint density at radius 3 is 2.71 bits per heavy atom. The Bertz CT molecular complexity index is 618. The lowest BCUT2D eigenvalue weighted by atomic mass is 9.77. The van der Waals surface area contributed by atoms with Gasteiger partial charge in [0.2, 0.25) is 5.71 Å². The molecule has 1 atom stereocenters. The first-order chi connectivity index (χ1) is 9.92. The van der Waals surface area contributed by atoms with Gasteiger partial charge in [0, 0.05) is 11.5 Å². The zero-order valence-corrected chi connectivity index (χ0v) is 12.8. The van der Waals surface area contributed by atoms with Gasteiger partial charge in [0.1, 0.15) is 5.71 Å². The summed E-state index contributed by atoms with van der Waals surface area (Å²) in [4.78, 5) is 16.6. The minimum absolute atomic E-state index is 0.149. The SMILES string of the molecule is CCOC(=O)/C(=N\O)C1=NC(C)(C)C(C)c2ccccc21. The standard InChI is InChI=1S/C16H20N2O3/c1-5-21-15(19)14(18-20)13-12-9-7-6-8-11(12)10(2)16(3,4)17-13/h6-10,20H,5H2,1-4H3/b18-14-. The van der Waals surface area contributed by atoms with E-state index < -0.39 is 11.5 Å². The lowest BCUT2D eigenvalue weighted by molar-refractivity contribution is -0.134. The number of hydrogen-bond acceptors (Lipinski definition) is 5. The molecule has 1 N–H and O–H groups in total. The summed E-state index contributed by atoms with van der Waals surface area (Å²) in [6.45, 7) is 8.00. The summed E-state index contributed by atoms with van der Waals surface area (Å²) in [6.07, 6.45) is 0. The molecule has 5 nitrogen and oxygen atoms in total. The topological polar surface area (TPSA) is 71.2 Å². The first-order valence-corrected chi connectivity index (χ1v) is 7.01. The third kappa shape index (κ3) is 2.68. The van der Waals surface area contributed by atoms with Crippen LogP contribution in [0.15, 0.2) is 34.4 Å². The van der Waals surface area contributed by atoms with Crippen LogP contribution in [-0.4, -0.2) is 34.7 Å². The molecule has 0 saturated heterocycles. The molecule has 112 valence electrons. The number of nitrogens with zero attached hydrogens (tertiary/aromatic N) is 2. The van der Waals surface area contributed by atoms with Gasteiger partial charge in [-0.2, -0.15) is 0 Å². The highest BCUT2D eigenvalue weighted by molar-refractivity contribution is 6.69. The zero-order valence-electron chi connectivity index (χ0n) is 12.8. The highest BCUT2D eigenvalue weighted by Crippen LogP contribution is 2.37. The van der Waals surface area contributed by atoms with Crippen molar-refractivity contribution >= 4 is 17.4 Å². The number of esters is 1. The Morgan fingerprint density at radius 1 is 1.43 bits per heavy atom. The lowest BCUT2D eigenvalue weighted by Gasteiger charge is -2.35. The molecule has 0 aromatic heterocycles. The van der Waals surface area contributed by atoms with Crippen LogP contribution in [-0.2, 0) is 9.53 Å². The summed E-state index contributed by atoms with van der Waals surface area (Å²) >= 11 is 0. The number of fused-ring (bicyclic) bond motifs is 1. The van der Waals surface area contributed by atoms with Crippen molar-refractivity contribution in [1.82, 2.24) is 0 Å². The molecule has 0 radical (unpaired) electrons. The van der Waals surface area contributed by atoms with Crippen LogP contribution in [0.1, 0.15) is 44.7 Å². The van der Waals surface area contributed by atoms with Crippen LogP contribution in [0.3, 0.4) is 0 Å². The minimum atomic E-state index is -0.668. The van der Waals surface area contributed by atoms with E-state index in [1.54, 1.807) is 6.92 Å². The van der Waals surface area contributed by atoms with Crippen molar-refractivity contribution < 1.29 is 14.7 Å². The second-order valence-electron chi connectivity index (χ2n) is 5.59. The number of benzene rings is 1. The van der Waals surface area contributed by atoms with E-state index in [4.69, 9.17) is 4.74 Å². The van der Waals surface area contributed by atoms with Gasteiger partial charge in [0.25, 0.3) is 0 Å². The molecule has 0 spiro atoms. The third-order valence-electron chi connectivity index (χ3n) is 3.94. The predicted molar refractivity (Wildman–Crippen MR) is 81.3 cm³/mol. The monoisotopic (exact) mass is 288 g/mol. The molecule has 1 aromatic rings. The molecule has 0 bridgehead atoms. The number of rotatable bonds is 3. The molecule has 0 amide bonds. The fourth-order valence-corrected chi connectivity index (χ4v) is 2.48. The van der Waals surface area contributed by atoms with Crippen LogP contribution in [0.4, 0.5) is 0 Å². The van der Waals surface area contributed by atoms with Gasteiger partial charge in [-0.3, -0.25) is 4.99 Å². The Balaban J connectivity index is 2.58. The molecule has 0 fully saturated rings. The molecule has 1 aliphatic rings. The van der Waals surface area contributed by atoms with Crippen LogP contribution in [0, 0.1) is 0 Å². The summed E-state index contributed by atoms with van der Waals surface area (Å²) in [5, 5.41) is 12.4. The number of oxime groups is 1. The molecular formula is C16H20N2O3. The van der Waals surface area contributed by atoms with Gasteiger partial charge >= 0.3 is 5.97 Å². The van der Waals surface area contributed by atoms with Gasteiger partial charge in [0.15, 0.2) is 0 Å². The highest BCUT2D eigenvalue weighted by atomic mass is 16.5. The fourth-order valence-electron chi connectivity index (χ4n) is 2.48. The largest absolute Gasteiger partial charge is 0.461 e. The second-order valence-corrected chi connectivity index (χ2v) is 5.59. The summed E-state index contributed by atoms with van der Waals surface area (Å²) in [6, 6.07) is 7.72.